The molecular formula is C20H16F3N5. The lowest BCUT2D eigenvalue weighted by atomic mass is 10.2. The van der Waals surface area contributed by atoms with Gasteiger partial charge in [0.1, 0.15) is 5.82 Å². The molecule has 142 valence electrons. The van der Waals surface area contributed by atoms with Gasteiger partial charge in [0.2, 0.25) is 0 Å². The van der Waals surface area contributed by atoms with Gasteiger partial charge in [-0.25, -0.2) is 9.67 Å². The van der Waals surface area contributed by atoms with E-state index in [1.54, 1.807) is 4.68 Å². The first-order chi connectivity index (χ1) is 13.3. The Hall–Kier alpha value is -3.42. The predicted molar refractivity (Wildman–Crippen MR) is 101 cm³/mol. The summed E-state index contributed by atoms with van der Waals surface area (Å²) >= 11 is 0. The third kappa shape index (κ3) is 3.40. The molecule has 0 aliphatic carbocycles. The van der Waals surface area contributed by atoms with Crippen molar-refractivity contribution in [2.24, 2.45) is 0 Å². The maximum atomic E-state index is 12.8. The standard InChI is InChI=1S/C20H16F3N5/c1-12-11-13(2)28(27-12)19-25-17-6-4-3-5-16(17)18(26-19)24-15-9-7-14(8-10-15)20(21,22)23/h3-11H,1-2H3,(H,24,25,26). The van der Waals surface area contributed by atoms with E-state index in [0.29, 0.717) is 23.0 Å². The number of para-hydroxylation sites is 1. The van der Waals surface area contributed by atoms with Crippen LogP contribution in [0.2, 0.25) is 0 Å². The zero-order chi connectivity index (χ0) is 19.9. The Morgan fingerprint density at radius 1 is 0.929 bits per heavy atom. The summed E-state index contributed by atoms with van der Waals surface area (Å²) in [5, 5.41) is 8.27. The molecule has 0 aliphatic rings. The Balaban J connectivity index is 1.78. The molecule has 2 heterocycles. The lowest BCUT2D eigenvalue weighted by molar-refractivity contribution is -0.137. The average molecular weight is 383 g/mol. The van der Waals surface area contributed by atoms with Crippen LogP contribution >= 0.6 is 0 Å². The third-order valence-electron chi connectivity index (χ3n) is 4.27. The van der Waals surface area contributed by atoms with Gasteiger partial charge in [-0.2, -0.15) is 23.3 Å². The molecule has 5 nitrogen and oxygen atoms in total. The van der Waals surface area contributed by atoms with Crippen LogP contribution in [0, 0.1) is 13.8 Å². The number of nitrogens with zero attached hydrogens (tertiary/aromatic N) is 4. The molecule has 2 aromatic carbocycles. The number of aryl methyl sites for hydroxylation is 2. The number of fused-ring (bicyclic) bond motifs is 1. The van der Waals surface area contributed by atoms with Gasteiger partial charge in [0.05, 0.1) is 16.8 Å². The highest BCUT2D eigenvalue weighted by molar-refractivity contribution is 5.91. The van der Waals surface area contributed by atoms with Gasteiger partial charge in [0.25, 0.3) is 5.95 Å². The number of benzene rings is 2. The van der Waals surface area contributed by atoms with Crippen molar-refractivity contribution >= 4 is 22.4 Å². The van der Waals surface area contributed by atoms with Gasteiger partial charge >= 0.3 is 6.18 Å². The number of hydrogen-bond donors (Lipinski definition) is 1. The lowest BCUT2D eigenvalue weighted by Crippen LogP contribution is -2.08. The predicted octanol–water partition coefficient (Wildman–Crippen LogP) is 5.19. The number of rotatable bonds is 3. The number of alkyl halides is 3. The van der Waals surface area contributed by atoms with Crippen LogP contribution in [0.15, 0.2) is 54.6 Å². The highest BCUT2D eigenvalue weighted by Crippen LogP contribution is 2.31. The van der Waals surface area contributed by atoms with Crippen molar-refractivity contribution in [2.75, 3.05) is 5.32 Å². The number of aromatic nitrogens is 4. The van der Waals surface area contributed by atoms with E-state index in [2.05, 4.69) is 20.4 Å². The molecule has 0 fully saturated rings. The van der Waals surface area contributed by atoms with Crippen LogP contribution in [0.3, 0.4) is 0 Å². The van der Waals surface area contributed by atoms with Crippen LogP contribution in [0.25, 0.3) is 16.9 Å². The van der Waals surface area contributed by atoms with Crippen LogP contribution < -0.4 is 5.32 Å². The van der Waals surface area contributed by atoms with Crippen molar-refractivity contribution in [3.8, 4) is 5.95 Å². The molecule has 0 aliphatic heterocycles. The van der Waals surface area contributed by atoms with Crippen molar-refractivity contribution in [2.45, 2.75) is 20.0 Å². The van der Waals surface area contributed by atoms with E-state index in [1.807, 2.05) is 44.2 Å². The number of hydrogen-bond acceptors (Lipinski definition) is 4. The molecule has 0 radical (unpaired) electrons. The molecule has 2 aromatic heterocycles. The smallest absolute Gasteiger partial charge is 0.340 e. The molecule has 28 heavy (non-hydrogen) atoms. The van der Waals surface area contributed by atoms with Gasteiger partial charge in [0, 0.05) is 16.8 Å². The van der Waals surface area contributed by atoms with Crippen molar-refractivity contribution in [1.29, 1.82) is 0 Å². The molecule has 0 saturated heterocycles. The van der Waals surface area contributed by atoms with Gasteiger partial charge in [-0.3, -0.25) is 0 Å². The Labute approximate surface area is 158 Å². The highest BCUT2D eigenvalue weighted by Gasteiger charge is 2.30. The van der Waals surface area contributed by atoms with Crippen LogP contribution in [0.5, 0.6) is 0 Å². The third-order valence-corrected chi connectivity index (χ3v) is 4.27. The van der Waals surface area contributed by atoms with Crippen LogP contribution in [-0.4, -0.2) is 19.7 Å². The number of anilines is 2. The number of halogens is 3. The van der Waals surface area contributed by atoms with Crippen molar-refractivity contribution in [3.63, 3.8) is 0 Å². The van der Waals surface area contributed by atoms with Crippen molar-refractivity contribution < 1.29 is 13.2 Å². The van der Waals surface area contributed by atoms with Crippen molar-refractivity contribution in [3.05, 3.63) is 71.5 Å². The fourth-order valence-electron chi connectivity index (χ4n) is 2.96. The molecule has 8 heteroatoms. The zero-order valence-electron chi connectivity index (χ0n) is 15.1. The van der Waals surface area contributed by atoms with E-state index in [-0.39, 0.29) is 0 Å². The summed E-state index contributed by atoms with van der Waals surface area (Å²) in [6.07, 6.45) is -4.37. The highest BCUT2D eigenvalue weighted by atomic mass is 19.4. The molecule has 0 spiro atoms. The molecule has 0 amide bonds. The zero-order valence-corrected chi connectivity index (χ0v) is 15.1. The summed E-state index contributed by atoms with van der Waals surface area (Å²) in [6, 6.07) is 14.2. The van der Waals surface area contributed by atoms with Gasteiger partial charge in [-0.1, -0.05) is 12.1 Å². The SMILES string of the molecule is Cc1cc(C)n(-c2nc(Nc3ccc(C(F)(F)F)cc3)c3ccccc3n2)n1. The van der Waals surface area contributed by atoms with E-state index in [9.17, 15) is 13.2 Å². The van der Waals surface area contributed by atoms with Crippen molar-refractivity contribution in [1.82, 2.24) is 19.7 Å². The van der Waals surface area contributed by atoms with E-state index in [0.717, 1.165) is 28.9 Å². The van der Waals surface area contributed by atoms with E-state index >= 15 is 0 Å². The summed E-state index contributed by atoms with van der Waals surface area (Å²) in [7, 11) is 0. The Morgan fingerprint density at radius 2 is 1.64 bits per heavy atom. The second kappa shape index (κ2) is 6.63. The summed E-state index contributed by atoms with van der Waals surface area (Å²) in [4.78, 5) is 9.14. The maximum Gasteiger partial charge on any atom is 0.416 e. The quantitative estimate of drug-likeness (QED) is 0.529. The molecule has 4 rings (SSSR count). The van der Waals surface area contributed by atoms with Crippen LogP contribution in [0.1, 0.15) is 17.0 Å². The van der Waals surface area contributed by atoms with Crippen LogP contribution in [-0.2, 0) is 6.18 Å². The lowest BCUT2D eigenvalue weighted by Gasteiger charge is -2.12. The first-order valence-corrected chi connectivity index (χ1v) is 8.56. The molecule has 0 saturated carbocycles. The van der Waals surface area contributed by atoms with Crippen LogP contribution in [0.4, 0.5) is 24.7 Å². The molecule has 4 aromatic rings. The minimum Gasteiger partial charge on any atom is -0.340 e. The Kier molecular flexibility index (Phi) is 4.26. The summed E-state index contributed by atoms with van der Waals surface area (Å²) in [5.74, 6) is 0.881. The van der Waals surface area contributed by atoms with E-state index < -0.39 is 11.7 Å². The largest absolute Gasteiger partial charge is 0.416 e. The normalized spacial score (nSPS) is 11.8. The van der Waals surface area contributed by atoms with E-state index in [1.165, 1.54) is 12.1 Å². The Bertz CT molecular complexity index is 1150. The van der Waals surface area contributed by atoms with Gasteiger partial charge in [0.15, 0.2) is 0 Å². The fourth-order valence-corrected chi connectivity index (χ4v) is 2.96. The van der Waals surface area contributed by atoms with Gasteiger partial charge in [-0.05, 0) is 56.3 Å². The topological polar surface area (TPSA) is 55.6 Å². The molecule has 0 unspecified atom stereocenters. The molecular weight excluding hydrogens is 367 g/mol. The first-order valence-electron chi connectivity index (χ1n) is 8.56. The monoisotopic (exact) mass is 383 g/mol. The molecule has 0 bridgehead atoms. The summed E-state index contributed by atoms with van der Waals surface area (Å²) in [5.41, 5.74) is 2.22. The number of nitrogens with one attached hydrogen (secondary N) is 1. The fraction of sp³-hybridized carbons (Fsp3) is 0.150. The minimum atomic E-state index is -4.37. The second-order valence-corrected chi connectivity index (χ2v) is 6.43. The minimum absolute atomic E-state index is 0.388. The Morgan fingerprint density at radius 3 is 2.29 bits per heavy atom. The maximum absolute atomic E-state index is 12.8. The van der Waals surface area contributed by atoms with Gasteiger partial charge < -0.3 is 5.32 Å². The molecule has 0 atom stereocenters. The summed E-state index contributed by atoms with van der Waals surface area (Å²) in [6.45, 7) is 3.79. The van der Waals surface area contributed by atoms with Gasteiger partial charge in [-0.15, -0.1) is 0 Å². The summed E-state index contributed by atoms with van der Waals surface area (Å²) < 4.78 is 40.0. The second-order valence-electron chi connectivity index (χ2n) is 6.43. The average Bonchev–Trinajstić information content (AvgIpc) is 2.99. The van der Waals surface area contributed by atoms with E-state index in [4.69, 9.17) is 0 Å². The molecule has 1 N–H and O–H groups in total. The first kappa shape index (κ1) is 18.0.